The van der Waals surface area contributed by atoms with E-state index in [1.807, 2.05) is 0 Å². The van der Waals surface area contributed by atoms with Gasteiger partial charge in [-0.3, -0.25) is 3.63 Å². The number of hydrogen-bond donors (Lipinski definition) is 0. The van der Waals surface area contributed by atoms with Gasteiger partial charge in [-0.1, -0.05) is 72.8 Å². The molecule has 0 amide bonds. The normalized spacial score (nSPS) is 12.6. The van der Waals surface area contributed by atoms with Crippen LogP contribution in [0.15, 0.2) is 123 Å². The van der Waals surface area contributed by atoms with Crippen LogP contribution in [0.25, 0.3) is 10.8 Å². The molecule has 0 atom stereocenters. The SMILES string of the molecule is O=S(=O)([OH+]S(c1ccccc1)(c1ccccc1)c1cccc2ccccc12)c1c(F)c(F)c(F)c(F)c1F. The van der Waals surface area contributed by atoms with Crippen molar-refractivity contribution >= 4 is 31.2 Å². The van der Waals surface area contributed by atoms with Gasteiger partial charge in [-0.2, -0.15) is 0 Å². The van der Waals surface area contributed by atoms with Gasteiger partial charge in [-0.15, -0.1) is 8.42 Å². The highest BCUT2D eigenvalue weighted by molar-refractivity contribution is 8.32. The summed E-state index contributed by atoms with van der Waals surface area (Å²) in [6.07, 6.45) is 0. The summed E-state index contributed by atoms with van der Waals surface area (Å²) >= 11 is 0. The van der Waals surface area contributed by atoms with Crippen molar-refractivity contribution in [2.45, 2.75) is 19.6 Å². The van der Waals surface area contributed by atoms with Crippen LogP contribution in [-0.4, -0.2) is 12.0 Å². The lowest BCUT2D eigenvalue weighted by Crippen LogP contribution is -2.22. The van der Waals surface area contributed by atoms with Crippen molar-refractivity contribution in [3.8, 4) is 0 Å². The van der Waals surface area contributed by atoms with Gasteiger partial charge in [0.25, 0.3) is 0 Å². The Kier molecular flexibility index (Phi) is 6.72. The average molecular weight is 562 g/mol. The lowest BCUT2D eigenvalue weighted by Gasteiger charge is -2.35. The number of fused-ring (bicyclic) bond motifs is 1. The molecule has 0 heterocycles. The van der Waals surface area contributed by atoms with Crippen molar-refractivity contribution in [3.63, 3.8) is 0 Å². The van der Waals surface area contributed by atoms with Crippen molar-refractivity contribution in [2.75, 3.05) is 0 Å². The molecular formula is C28H18F5O3S2+. The smallest absolute Gasteiger partial charge is 0.258 e. The van der Waals surface area contributed by atoms with E-state index in [9.17, 15) is 30.4 Å². The molecule has 5 aromatic carbocycles. The van der Waals surface area contributed by atoms with E-state index in [1.165, 1.54) is 0 Å². The summed E-state index contributed by atoms with van der Waals surface area (Å²) < 4.78 is 103. The molecule has 3 nitrogen and oxygen atoms in total. The van der Waals surface area contributed by atoms with E-state index in [2.05, 4.69) is 3.63 Å². The van der Waals surface area contributed by atoms with E-state index < -0.39 is 54.4 Å². The van der Waals surface area contributed by atoms with Crippen molar-refractivity contribution < 1.29 is 34.0 Å². The van der Waals surface area contributed by atoms with Gasteiger partial charge < -0.3 is 0 Å². The molecule has 0 aliphatic carbocycles. The van der Waals surface area contributed by atoms with Crippen LogP contribution in [0.3, 0.4) is 0 Å². The van der Waals surface area contributed by atoms with Crippen LogP contribution in [0.5, 0.6) is 0 Å². The van der Waals surface area contributed by atoms with Gasteiger partial charge in [0, 0.05) is 5.39 Å². The zero-order chi connectivity index (χ0) is 27.1. The van der Waals surface area contributed by atoms with E-state index in [-0.39, 0.29) is 0 Å². The summed E-state index contributed by atoms with van der Waals surface area (Å²) in [6, 6.07) is 28.6. The minimum Gasteiger partial charge on any atom is -0.258 e. The quantitative estimate of drug-likeness (QED) is 0.0690. The molecule has 0 bridgehead atoms. The summed E-state index contributed by atoms with van der Waals surface area (Å²) in [5.74, 6) is -12.2. The third kappa shape index (κ3) is 4.14. The molecule has 194 valence electrons. The second-order valence-corrected chi connectivity index (χ2v) is 12.6. The molecule has 0 fully saturated rings. The third-order valence-electron chi connectivity index (χ3n) is 5.87. The lowest BCUT2D eigenvalue weighted by molar-refractivity contribution is 0.338. The maximum absolute atomic E-state index is 14.8. The summed E-state index contributed by atoms with van der Waals surface area (Å²) in [6.45, 7) is 0. The standard InChI is InChI=1S/C28H17F5O3S2/c29-23-24(30)26(32)28(27(33)25(23)31)38(34,35)36-37(19-12-3-1-4-13-19,20-14-5-2-6-15-20)22-17-9-11-18-10-7-8-16-21(18)22/h1-17H/p+1. The van der Waals surface area contributed by atoms with Crippen LogP contribution >= 0.6 is 10.3 Å². The zero-order valence-corrected chi connectivity index (χ0v) is 20.9. The monoisotopic (exact) mass is 561 g/mol. The highest BCUT2D eigenvalue weighted by Gasteiger charge is 2.47. The van der Waals surface area contributed by atoms with E-state index in [4.69, 9.17) is 0 Å². The van der Waals surface area contributed by atoms with Crippen molar-refractivity contribution in [3.05, 3.63) is 132 Å². The molecule has 0 aliphatic heterocycles. The Hall–Kier alpha value is -3.73. The second-order valence-electron chi connectivity index (χ2n) is 8.13. The molecule has 0 unspecified atom stereocenters. The molecular weight excluding hydrogens is 543 g/mol. The summed E-state index contributed by atoms with van der Waals surface area (Å²) in [7, 11) is -8.76. The largest absolute Gasteiger partial charge is 0.428 e. The van der Waals surface area contributed by atoms with E-state index in [0.29, 0.717) is 20.1 Å². The third-order valence-corrected chi connectivity index (χ3v) is 11.3. The molecule has 0 spiro atoms. The first-order valence-corrected chi connectivity index (χ1v) is 14.1. The Morgan fingerprint density at radius 3 is 1.50 bits per heavy atom. The fourth-order valence-corrected chi connectivity index (χ4v) is 9.98. The fraction of sp³-hybridized carbons (Fsp3) is 0. The van der Waals surface area contributed by atoms with E-state index >= 15 is 0 Å². The summed E-state index contributed by atoms with van der Waals surface area (Å²) in [4.78, 5) is -0.858. The van der Waals surface area contributed by atoms with Crippen molar-refractivity contribution in [1.29, 1.82) is 0 Å². The predicted octanol–water partition coefficient (Wildman–Crippen LogP) is 8.21. The number of benzene rings is 5. The highest BCUT2D eigenvalue weighted by atomic mass is 32.3. The molecule has 5 aromatic rings. The minimum absolute atomic E-state index is 0.370. The average Bonchev–Trinajstić information content (AvgIpc) is 2.94. The molecule has 0 saturated heterocycles. The van der Waals surface area contributed by atoms with Gasteiger partial charge in [0.15, 0.2) is 23.3 Å². The molecule has 0 aliphatic rings. The van der Waals surface area contributed by atoms with Crippen molar-refractivity contribution in [2.24, 2.45) is 0 Å². The number of hydrogen-bond acceptors (Lipinski definition) is 2. The minimum atomic E-state index is -5.49. The fourth-order valence-electron chi connectivity index (χ4n) is 4.20. The lowest BCUT2D eigenvalue weighted by atomic mass is 10.1. The van der Waals surface area contributed by atoms with Gasteiger partial charge in [0.05, 0.1) is 25.0 Å². The molecule has 0 saturated carbocycles. The van der Waals surface area contributed by atoms with E-state index in [0.717, 1.165) is 5.39 Å². The van der Waals surface area contributed by atoms with Crippen LogP contribution in [-0.2, 0) is 10.1 Å². The van der Waals surface area contributed by atoms with Crippen LogP contribution in [0.1, 0.15) is 0 Å². The van der Waals surface area contributed by atoms with Gasteiger partial charge in [0.2, 0.25) is 10.7 Å². The highest BCUT2D eigenvalue weighted by Crippen LogP contribution is 2.69. The van der Waals surface area contributed by atoms with E-state index in [1.54, 1.807) is 103 Å². The molecule has 10 heteroatoms. The first kappa shape index (κ1) is 25.9. The van der Waals surface area contributed by atoms with Gasteiger partial charge in [-0.05, 0) is 35.7 Å². The predicted molar refractivity (Wildman–Crippen MR) is 135 cm³/mol. The van der Waals surface area contributed by atoms with Gasteiger partial charge in [0.1, 0.15) is 0 Å². The topological polar surface area (TPSA) is 46.9 Å². The van der Waals surface area contributed by atoms with Crippen molar-refractivity contribution in [1.82, 2.24) is 0 Å². The second kappa shape index (κ2) is 9.86. The van der Waals surface area contributed by atoms with Crippen LogP contribution in [0, 0.1) is 29.1 Å². The maximum atomic E-state index is 14.8. The van der Waals surface area contributed by atoms with Crippen LogP contribution in [0.4, 0.5) is 22.0 Å². The van der Waals surface area contributed by atoms with Gasteiger partial charge >= 0.3 is 10.1 Å². The Morgan fingerprint density at radius 2 is 0.947 bits per heavy atom. The molecule has 5 rings (SSSR count). The first-order chi connectivity index (χ1) is 18.2. The number of halogens is 5. The molecule has 0 radical (unpaired) electrons. The Bertz CT molecular complexity index is 1690. The first-order valence-electron chi connectivity index (χ1n) is 11.1. The Labute approximate surface area is 216 Å². The molecule has 0 aromatic heterocycles. The maximum Gasteiger partial charge on any atom is 0.428 e. The molecule has 1 N–H and O–H groups in total. The Morgan fingerprint density at radius 1 is 0.500 bits per heavy atom. The zero-order valence-electron chi connectivity index (χ0n) is 19.3. The van der Waals surface area contributed by atoms with Gasteiger partial charge in [-0.25, -0.2) is 22.0 Å². The number of rotatable bonds is 6. The van der Waals surface area contributed by atoms with Crippen LogP contribution < -0.4 is 0 Å². The van der Waals surface area contributed by atoms with Crippen LogP contribution in [0.2, 0.25) is 0 Å². The Balaban J connectivity index is 1.90. The summed E-state index contributed by atoms with van der Waals surface area (Å²) in [5, 5.41) is 1.34. The molecule has 38 heavy (non-hydrogen) atoms. The summed E-state index contributed by atoms with van der Waals surface area (Å²) in [5.41, 5.74) is 0.